The quantitative estimate of drug-likeness (QED) is 0.717. The van der Waals surface area contributed by atoms with Crippen molar-refractivity contribution in [2.24, 2.45) is 5.92 Å². The van der Waals surface area contributed by atoms with Crippen LogP contribution in [0.2, 0.25) is 0 Å². The molecular weight excluding hydrogens is 262 g/mol. The molecule has 15 heavy (non-hydrogen) atoms. The molecule has 0 bridgehead atoms. The highest BCUT2D eigenvalue weighted by Gasteiger charge is 2.07. The molecule has 0 aliphatic rings. The summed E-state index contributed by atoms with van der Waals surface area (Å²) >= 11 is 3.33. The predicted molar refractivity (Wildman–Crippen MR) is 63.0 cm³/mol. The van der Waals surface area contributed by atoms with Crippen molar-refractivity contribution in [1.82, 2.24) is 0 Å². The highest BCUT2D eigenvalue weighted by Crippen LogP contribution is 2.20. The molecule has 0 nitrogen and oxygen atoms in total. The average molecular weight is 275 g/mol. The predicted octanol–water partition coefficient (Wildman–Crippen LogP) is 4.40. The summed E-state index contributed by atoms with van der Waals surface area (Å²) in [6.07, 6.45) is 1.69. The van der Waals surface area contributed by atoms with Crippen LogP contribution in [-0.2, 0) is 0 Å². The first-order valence-corrected chi connectivity index (χ1v) is 5.88. The molecule has 0 radical (unpaired) electrons. The van der Waals surface area contributed by atoms with Crippen LogP contribution in [-0.4, -0.2) is 5.33 Å². The van der Waals surface area contributed by atoms with E-state index >= 15 is 0 Å². The average Bonchev–Trinajstić information content (AvgIpc) is 2.19. The molecule has 82 valence electrons. The van der Waals surface area contributed by atoms with E-state index < -0.39 is 11.6 Å². The van der Waals surface area contributed by atoms with Gasteiger partial charge in [0.15, 0.2) is 11.6 Å². The van der Waals surface area contributed by atoms with Crippen LogP contribution < -0.4 is 0 Å². The minimum Gasteiger partial charge on any atom is -0.204 e. The van der Waals surface area contributed by atoms with E-state index in [9.17, 15) is 8.78 Å². The van der Waals surface area contributed by atoms with Gasteiger partial charge in [-0.15, -0.1) is 0 Å². The van der Waals surface area contributed by atoms with Gasteiger partial charge in [0.1, 0.15) is 0 Å². The normalized spacial score (nSPS) is 12.3. The smallest absolute Gasteiger partial charge is 0.166 e. The van der Waals surface area contributed by atoms with E-state index in [1.54, 1.807) is 12.1 Å². The third kappa shape index (κ3) is 3.13. The van der Waals surface area contributed by atoms with Crippen molar-refractivity contribution in [2.75, 3.05) is 5.33 Å². The highest BCUT2D eigenvalue weighted by atomic mass is 79.9. The summed E-state index contributed by atoms with van der Waals surface area (Å²) in [5.41, 5.74) is 1.35. The molecule has 1 aromatic carbocycles. The first-order valence-electron chi connectivity index (χ1n) is 4.76. The minimum absolute atomic E-state index is 0.304. The number of allylic oxidation sites excluding steroid dienone is 1. The van der Waals surface area contributed by atoms with Crippen molar-refractivity contribution < 1.29 is 8.78 Å². The van der Waals surface area contributed by atoms with Crippen molar-refractivity contribution in [3.63, 3.8) is 0 Å². The van der Waals surface area contributed by atoms with Gasteiger partial charge in [-0.1, -0.05) is 53.6 Å². The number of alkyl halides is 1. The van der Waals surface area contributed by atoms with E-state index in [0.29, 0.717) is 16.8 Å². The van der Waals surface area contributed by atoms with Crippen molar-refractivity contribution in [2.45, 2.75) is 13.8 Å². The molecule has 0 aliphatic heterocycles. The van der Waals surface area contributed by atoms with Crippen molar-refractivity contribution >= 4 is 22.0 Å². The Labute approximate surface area is 97.1 Å². The maximum atomic E-state index is 13.3. The monoisotopic (exact) mass is 274 g/mol. The fraction of sp³-hybridized carbons (Fsp3) is 0.333. The van der Waals surface area contributed by atoms with Gasteiger partial charge >= 0.3 is 0 Å². The van der Waals surface area contributed by atoms with E-state index in [-0.39, 0.29) is 0 Å². The number of hydrogen-bond acceptors (Lipinski definition) is 0. The third-order valence-corrected chi connectivity index (χ3v) is 2.87. The van der Waals surface area contributed by atoms with Gasteiger partial charge in [0.05, 0.1) is 0 Å². The molecule has 0 N–H and O–H groups in total. The largest absolute Gasteiger partial charge is 0.204 e. The van der Waals surface area contributed by atoms with Gasteiger partial charge < -0.3 is 0 Å². The van der Waals surface area contributed by atoms with Crippen LogP contribution in [0.15, 0.2) is 23.8 Å². The molecule has 1 rings (SSSR count). The topological polar surface area (TPSA) is 0 Å². The molecule has 0 aromatic heterocycles. The van der Waals surface area contributed by atoms with E-state index in [4.69, 9.17) is 0 Å². The summed E-state index contributed by atoms with van der Waals surface area (Å²) in [5.74, 6) is -1.27. The van der Waals surface area contributed by atoms with Crippen LogP contribution in [0.4, 0.5) is 8.78 Å². The Morgan fingerprint density at radius 2 is 2.07 bits per heavy atom. The van der Waals surface area contributed by atoms with Crippen LogP contribution >= 0.6 is 15.9 Å². The first-order chi connectivity index (χ1) is 7.06. The zero-order chi connectivity index (χ0) is 11.4. The molecule has 3 heteroatoms. The van der Waals surface area contributed by atoms with Crippen LogP contribution in [0.25, 0.3) is 6.08 Å². The van der Waals surface area contributed by atoms with Crippen molar-refractivity contribution in [3.8, 4) is 0 Å². The van der Waals surface area contributed by atoms with Crippen molar-refractivity contribution in [3.05, 3.63) is 41.0 Å². The molecule has 0 unspecified atom stereocenters. The lowest BCUT2D eigenvalue weighted by molar-refractivity contribution is 0.507. The summed E-state index contributed by atoms with van der Waals surface area (Å²) in [4.78, 5) is 0. The summed E-state index contributed by atoms with van der Waals surface area (Å²) < 4.78 is 26.2. The molecule has 0 aliphatic carbocycles. The Morgan fingerprint density at radius 3 is 2.60 bits per heavy atom. The molecule has 0 saturated carbocycles. The van der Waals surface area contributed by atoms with Crippen LogP contribution in [0, 0.1) is 17.6 Å². The maximum Gasteiger partial charge on any atom is 0.166 e. The molecule has 0 fully saturated rings. The lowest BCUT2D eigenvalue weighted by Gasteiger charge is -2.08. The summed E-state index contributed by atoms with van der Waals surface area (Å²) in [7, 11) is 0. The lowest BCUT2D eigenvalue weighted by atomic mass is 10.0. The van der Waals surface area contributed by atoms with E-state index in [1.165, 1.54) is 6.07 Å². The highest BCUT2D eigenvalue weighted by molar-refractivity contribution is 9.09. The second-order valence-electron chi connectivity index (χ2n) is 3.65. The van der Waals surface area contributed by atoms with Crippen LogP contribution in [0.5, 0.6) is 0 Å². The molecule has 0 heterocycles. The fourth-order valence-corrected chi connectivity index (χ4v) is 2.00. The van der Waals surface area contributed by atoms with Crippen LogP contribution in [0.1, 0.15) is 19.4 Å². The molecule has 0 saturated heterocycles. The molecule has 0 atom stereocenters. The Morgan fingerprint density at radius 1 is 1.40 bits per heavy atom. The third-order valence-electron chi connectivity index (χ3n) is 2.22. The first kappa shape index (κ1) is 12.4. The number of benzene rings is 1. The molecule has 0 amide bonds. The zero-order valence-electron chi connectivity index (χ0n) is 8.73. The summed E-state index contributed by atoms with van der Waals surface area (Å²) in [5, 5.41) is 0.667. The number of hydrogen-bond donors (Lipinski definition) is 0. The summed E-state index contributed by atoms with van der Waals surface area (Å²) in [6.45, 7) is 4.04. The van der Waals surface area contributed by atoms with Gasteiger partial charge in [-0.2, -0.15) is 0 Å². The lowest BCUT2D eigenvalue weighted by Crippen LogP contribution is -1.96. The Kier molecular flexibility index (Phi) is 4.45. The zero-order valence-corrected chi connectivity index (χ0v) is 10.3. The van der Waals surface area contributed by atoms with Gasteiger partial charge in [-0.05, 0) is 12.0 Å². The van der Waals surface area contributed by atoms with Gasteiger partial charge in [-0.25, -0.2) is 8.78 Å². The SMILES string of the molecule is CC(C)C(=Cc1cccc(F)c1F)CBr. The minimum atomic E-state index is -0.804. The fourth-order valence-electron chi connectivity index (χ4n) is 1.19. The second kappa shape index (κ2) is 5.40. The molecule has 0 spiro atoms. The van der Waals surface area contributed by atoms with E-state index in [0.717, 1.165) is 11.6 Å². The Bertz CT molecular complexity index is 370. The van der Waals surface area contributed by atoms with Gasteiger partial charge in [-0.3, -0.25) is 0 Å². The van der Waals surface area contributed by atoms with Gasteiger partial charge in [0.2, 0.25) is 0 Å². The van der Waals surface area contributed by atoms with Crippen LogP contribution in [0.3, 0.4) is 0 Å². The maximum absolute atomic E-state index is 13.3. The second-order valence-corrected chi connectivity index (χ2v) is 4.21. The number of rotatable bonds is 3. The Balaban J connectivity index is 3.11. The van der Waals surface area contributed by atoms with Crippen molar-refractivity contribution in [1.29, 1.82) is 0 Å². The Hall–Kier alpha value is -0.700. The summed E-state index contributed by atoms with van der Waals surface area (Å²) in [6, 6.07) is 4.20. The molecular formula is C12H13BrF2. The molecule has 1 aromatic rings. The van der Waals surface area contributed by atoms with E-state index in [2.05, 4.69) is 15.9 Å². The standard InChI is InChI=1S/C12H13BrF2/c1-8(2)10(7-13)6-9-4-3-5-11(14)12(9)15/h3-6,8H,7H2,1-2H3. The van der Waals surface area contributed by atoms with E-state index in [1.807, 2.05) is 13.8 Å². The van der Waals surface area contributed by atoms with Gasteiger partial charge in [0, 0.05) is 10.9 Å². The number of halogens is 3. The van der Waals surface area contributed by atoms with Gasteiger partial charge in [0.25, 0.3) is 0 Å².